The topological polar surface area (TPSA) is 49.4 Å². The van der Waals surface area contributed by atoms with Crippen LogP contribution < -0.4 is 5.32 Å². The van der Waals surface area contributed by atoms with Gasteiger partial charge in [0.05, 0.1) is 5.02 Å². The third-order valence-corrected chi connectivity index (χ3v) is 6.87. The molecule has 0 radical (unpaired) electrons. The van der Waals surface area contributed by atoms with Crippen LogP contribution in [0, 0.1) is 12.8 Å². The molecule has 0 aliphatic carbocycles. The molecule has 3 atom stereocenters. The van der Waals surface area contributed by atoms with Crippen LogP contribution in [0.5, 0.6) is 0 Å². The standard InChI is InChI=1S/C14H19ClN2O2S/c1-9-3-4-14(12(15)5-9)20(18,19)17-10(2)6-11-7-16-8-13(11)17/h3-5,10-11,13,16H,6-8H2,1-2H3. The highest BCUT2D eigenvalue weighted by Crippen LogP contribution is 2.38. The number of fused-ring (bicyclic) bond motifs is 1. The molecule has 2 saturated heterocycles. The second kappa shape index (κ2) is 4.98. The Morgan fingerprint density at radius 2 is 2.10 bits per heavy atom. The van der Waals surface area contributed by atoms with Crippen molar-refractivity contribution in [2.24, 2.45) is 5.92 Å². The van der Waals surface area contributed by atoms with E-state index in [1.807, 2.05) is 13.8 Å². The van der Waals surface area contributed by atoms with Gasteiger partial charge in [0.1, 0.15) is 4.90 Å². The number of hydrogen-bond acceptors (Lipinski definition) is 3. The number of rotatable bonds is 2. The first-order valence-electron chi connectivity index (χ1n) is 6.91. The van der Waals surface area contributed by atoms with Crippen molar-refractivity contribution in [3.05, 3.63) is 28.8 Å². The number of nitrogens with zero attached hydrogens (tertiary/aromatic N) is 1. The Morgan fingerprint density at radius 1 is 1.35 bits per heavy atom. The highest BCUT2D eigenvalue weighted by atomic mass is 35.5. The van der Waals surface area contributed by atoms with E-state index in [1.165, 1.54) is 0 Å². The molecule has 2 aliphatic rings. The molecule has 4 nitrogen and oxygen atoms in total. The molecule has 2 aliphatic heterocycles. The van der Waals surface area contributed by atoms with Crippen LogP contribution in [0.1, 0.15) is 18.9 Å². The van der Waals surface area contributed by atoms with Gasteiger partial charge in [0.25, 0.3) is 0 Å². The fraction of sp³-hybridized carbons (Fsp3) is 0.571. The third-order valence-electron chi connectivity index (χ3n) is 4.35. The summed E-state index contributed by atoms with van der Waals surface area (Å²) in [6.45, 7) is 5.52. The van der Waals surface area contributed by atoms with Gasteiger partial charge in [-0.25, -0.2) is 8.42 Å². The minimum Gasteiger partial charge on any atom is -0.315 e. The Kier molecular flexibility index (Phi) is 3.57. The number of aryl methyl sites for hydroxylation is 1. The molecule has 110 valence electrons. The predicted octanol–water partition coefficient (Wildman–Crippen LogP) is 2.02. The average molecular weight is 315 g/mol. The Morgan fingerprint density at radius 3 is 2.80 bits per heavy atom. The molecule has 2 heterocycles. The number of hydrogen-bond donors (Lipinski definition) is 1. The van der Waals surface area contributed by atoms with Crippen molar-refractivity contribution < 1.29 is 8.42 Å². The zero-order chi connectivity index (χ0) is 14.5. The van der Waals surface area contributed by atoms with E-state index in [4.69, 9.17) is 11.6 Å². The summed E-state index contributed by atoms with van der Waals surface area (Å²) in [6, 6.07) is 5.22. The first-order chi connectivity index (χ1) is 9.41. The summed E-state index contributed by atoms with van der Waals surface area (Å²) in [5.41, 5.74) is 0.962. The minimum atomic E-state index is -3.53. The van der Waals surface area contributed by atoms with Crippen molar-refractivity contribution in [1.29, 1.82) is 0 Å². The maximum atomic E-state index is 12.9. The van der Waals surface area contributed by atoms with Crippen molar-refractivity contribution >= 4 is 21.6 Å². The predicted molar refractivity (Wildman–Crippen MR) is 79.4 cm³/mol. The van der Waals surface area contributed by atoms with Gasteiger partial charge in [0.15, 0.2) is 0 Å². The van der Waals surface area contributed by atoms with Gasteiger partial charge in [0.2, 0.25) is 10.0 Å². The number of nitrogens with one attached hydrogen (secondary N) is 1. The van der Waals surface area contributed by atoms with Crippen molar-refractivity contribution in [1.82, 2.24) is 9.62 Å². The van der Waals surface area contributed by atoms with E-state index < -0.39 is 10.0 Å². The van der Waals surface area contributed by atoms with E-state index >= 15 is 0 Å². The summed E-state index contributed by atoms with van der Waals surface area (Å²) in [5, 5.41) is 3.59. The van der Waals surface area contributed by atoms with E-state index in [1.54, 1.807) is 22.5 Å². The summed E-state index contributed by atoms with van der Waals surface area (Å²) >= 11 is 6.16. The lowest BCUT2D eigenvalue weighted by molar-refractivity contribution is 0.336. The molecule has 20 heavy (non-hydrogen) atoms. The second-order valence-electron chi connectivity index (χ2n) is 5.84. The monoisotopic (exact) mass is 314 g/mol. The van der Waals surface area contributed by atoms with Crippen LogP contribution >= 0.6 is 11.6 Å². The third kappa shape index (κ3) is 2.17. The molecule has 1 N–H and O–H groups in total. The Balaban J connectivity index is 2.03. The second-order valence-corrected chi connectivity index (χ2v) is 8.06. The highest BCUT2D eigenvalue weighted by Gasteiger charge is 2.48. The van der Waals surface area contributed by atoms with Crippen molar-refractivity contribution in [2.45, 2.75) is 37.2 Å². The van der Waals surface area contributed by atoms with Gasteiger partial charge in [-0.15, -0.1) is 0 Å². The van der Waals surface area contributed by atoms with Gasteiger partial charge in [-0.1, -0.05) is 17.7 Å². The lowest BCUT2D eigenvalue weighted by atomic mass is 10.0. The van der Waals surface area contributed by atoms with Crippen LogP contribution in [-0.4, -0.2) is 37.9 Å². The summed E-state index contributed by atoms with van der Waals surface area (Å²) in [4.78, 5) is 0.226. The Hall–Kier alpha value is -0.620. The van der Waals surface area contributed by atoms with Crippen molar-refractivity contribution in [3.63, 3.8) is 0 Å². The SMILES string of the molecule is Cc1ccc(S(=O)(=O)N2C(C)CC3CNCC32)c(Cl)c1. The largest absolute Gasteiger partial charge is 0.315 e. The number of benzene rings is 1. The fourth-order valence-corrected chi connectivity index (χ4v) is 5.93. The van der Waals surface area contributed by atoms with Gasteiger partial charge < -0.3 is 5.32 Å². The number of halogens is 1. The van der Waals surface area contributed by atoms with E-state index in [2.05, 4.69) is 5.32 Å². The summed E-state index contributed by atoms with van der Waals surface area (Å²) < 4.78 is 27.5. The molecule has 1 aromatic carbocycles. The molecule has 0 spiro atoms. The lowest BCUT2D eigenvalue weighted by Crippen LogP contribution is -2.42. The van der Waals surface area contributed by atoms with Crippen LogP contribution in [0.3, 0.4) is 0 Å². The molecule has 0 aromatic heterocycles. The molecule has 3 unspecified atom stereocenters. The Labute approximate surface area is 125 Å². The lowest BCUT2D eigenvalue weighted by Gasteiger charge is -2.27. The summed E-state index contributed by atoms with van der Waals surface area (Å²) in [6.07, 6.45) is 0.917. The molecule has 0 amide bonds. The molecule has 2 fully saturated rings. The minimum absolute atomic E-state index is 0.0365. The molecule has 0 bridgehead atoms. The molecular formula is C14H19ClN2O2S. The zero-order valence-corrected chi connectivity index (χ0v) is 13.2. The zero-order valence-electron chi connectivity index (χ0n) is 11.6. The van der Waals surface area contributed by atoms with Crippen molar-refractivity contribution in [2.75, 3.05) is 13.1 Å². The first-order valence-corrected chi connectivity index (χ1v) is 8.73. The van der Waals surface area contributed by atoms with Crippen LogP contribution in [-0.2, 0) is 10.0 Å². The van der Waals surface area contributed by atoms with Crippen LogP contribution in [0.2, 0.25) is 5.02 Å². The number of sulfonamides is 1. The van der Waals surface area contributed by atoms with E-state index in [9.17, 15) is 8.42 Å². The van der Waals surface area contributed by atoms with Gasteiger partial charge in [-0.2, -0.15) is 4.31 Å². The fourth-order valence-electron chi connectivity index (χ4n) is 3.47. The van der Waals surface area contributed by atoms with Gasteiger partial charge in [0, 0.05) is 18.6 Å². The Bertz CT molecular complexity index is 632. The van der Waals surface area contributed by atoms with E-state index in [0.29, 0.717) is 10.9 Å². The molecular weight excluding hydrogens is 296 g/mol. The van der Waals surface area contributed by atoms with Crippen molar-refractivity contribution in [3.8, 4) is 0 Å². The molecule has 3 rings (SSSR count). The summed E-state index contributed by atoms with van der Waals surface area (Å²) in [5.74, 6) is 0.420. The quantitative estimate of drug-likeness (QED) is 0.908. The normalized spacial score (nSPS) is 30.6. The molecule has 0 saturated carbocycles. The first kappa shape index (κ1) is 14.3. The van der Waals surface area contributed by atoms with Gasteiger partial charge >= 0.3 is 0 Å². The highest BCUT2D eigenvalue weighted by molar-refractivity contribution is 7.89. The van der Waals surface area contributed by atoms with E-state index in [-0.39, 0.29) is 17.0 Å². The van der Waals surface area contributed by atoms with Crippen LogP contribution in [0.4, 0.5) is 0 Å². The van der Waals surface area contributed by atoms with E-state index in [0.717, 1.165) is 25.1 Å². The van der Waals surface area contributed by atoms with Gasteiger partial charge in [-0.3, -0.25) is 0 Å². The summed E-state index contributed by atoms with van der Waals surface area (Å²) in [7, 11) is -3.53. The smallest absolute Gasteiger partial charge is 0.245 e. The van der Waals surface area contributed by atoms with Crippen LogP contribution in [0.25, 0.3) is 0 Å². The molecule has 1 aromatic rings. The maximum absolute atomic E-state index is 12.9. The average Bonchev–Trinajstić information content (AvgIpc) is 2.87. The molecule has 6 heteroatoms. The maximum Gasteiger partial charge on any atom is 0.245 e. The van der Waals surface area contributed by atoms with Gasteiger partial charge in [-0.05, 0) is 50.4 Å². The van der Waals surface area contributed by atoms with Crippen LogP contribution in [0.15, 0.2) is 23.1 Å².